The third kappa shape index (κ3) is 1.80. The minimum atomic E-state index is -1.30. The normalized spacial score (nSPS) is 31.5. The molecule has 2 aromatic heterocycles. The van der Waals surface area contributed by atoms with E-state index in [1.807, 2.05) is 6.07 Å². The van der Waals surface area contributed by atoms with Gasteiger partial charge in [-0.05, 0) is 6.92 Å². The molecule has 116 valence electrons. The molecule has 1 saturated heterocycles. The lowest BCUT2D eigenvalue weighted by Crippen LogP contribution is -2.37. The first kappa shape index (κ1) is 14.5. The quantitative estimate of drug-likeness (QED) is 0.530. The molecule has 0 bridgehead atoms. The number of hydrogen-bond acceptors (Lipinski definition) is 9. The van der Waals surface area contributed by atoms with Gasteiger partial charge in [0.15, 0.2) is 17.7 Å². The van der Waals surface area contributed by atoms with E-state index in [1.54, 1.807) is 0 Å². The Morgan fingerprint density at radius 3 is 2.86 bits per heavy atom. The van der Waals surface area contributed by atoms with Crippen LogP contribution in [0.3, 0.4) is 0 Å². The van der Waals surface area contributed by atoms with Crippen molar-refractivity contribution in [3.63, 3.8) is 0 Å². The second-order valence-electron chi connectivity index (χ2n) is 5.34. The van der Waals surface area contributed by atoms with E-state index in [1.165, 1.54) is 17.8 Å². The predicted octanol–water partition coefficient (Wildman–Crippen LogP) is -1.23. The summed E-state index contributed by atoms with van der Waals surface area (Å²) in [7, 11) is 0. The van der Waals surface area contributed by atoms with Crippen molar-refractivity contribution in [3.05, 3.63) is 6.33 Å². The maximum Gasteiger partial charge on any atom is 0.224 e. The van der Waals surface area contributed by atoms with Crippen LogP contribution in [0.4, 0.5) is 11.8 Å². The van der Waals surface area contributed by atoms with Gasteiger partial charge in [0.05, 0.1) is 19.0 Å². The van der Waals surface area contributed by atoms with Gasteiger partial charge in [-0.2, -0.15) is 15.2 Å². The van der Waals surface area contributed by atoms with E-state index in [4.69, 9.17) is 16.2 Å². The molecule has 6 N–H and O–H groups in total. The number of nitrogen functional groups attached to an aromatic ring is 2. The van der Waals surface area contributed by atoms with Crippen molar-refractivity contribution in [1.29, 1.82) is 5.26 Å². The zero-order chi connectivity index (χ0) is 16.1. The molecule has 1 aliphatic rings. The molecule has 0 unspecified atom stereocenters. The van der Waals surface area contributed by atoms with Crippen LogP contribution in [-0.2, 0) is 4.74 Å². The predicted molar refractivity (Wildman–Crippen MR) is 74.9 cm³/mol. The van der Waals surface area contributed by atoms with Gasteiger partial charge in [-0.15, -0.1) is 0 Å². The summed E-state index contributed by atoms with van der Waals surface area (Å²) >= 11 is 0. The number of aliphatic hydroxyl groups excluding tert-OH is 2. The van der Waals surface area contributed by atoms with Crippen molar-refractivity contribution in [1.82, 2.24) is 19.5 Å². The molecule has 0 amide bonds. The van der Waals surface area contributed by atoms with Gasteiger partial charge in [-0.25, -0.2) is 4.98 Å². The number of nitrogens with zero attached hydrogens (tertiary/aromatic N) is 5. The highest BCUT2D eigenvalue weighted by atomic mass is 16.5. The van der Waals surface area contributed by atoms with Crippen molar-refractivity contribution in [2.24, 2.45) is 5.41 Å². The molecule has 0 spiro atoms. The third-order valence-corrected chi connectivity index (χ3v) is 3.92. The second kappa shape index (κ2) is 4.77. The summed E-state index contributed by atoms with van der Waals surface area (Å²) in [6, 6.07) is 2.05. The second-order valence-corrected chi connectivity index (χ2v) is 5.34. The molecular formula is C12H15N7O3. The molecule has 0 aliphatic carbocycles. The van der Waals surface area contributed by atoms with Crippen LogP contribution >= 0.6 is 0 Å². The molecule has 10 nitrogen and oxygen atoms in total. The van der Waals surface area contributed by atoms with Crippen LogP contribution in [0.15, 0.2) is 6.33 Å². The Kier molecular flexibility index (Phi) is 3.13. The average Bonchev–Trinajstić information content (AvgIpc) is 3.00. The zero-order valence-electron chi connectivity index (χ0n) is 11.7. The topological polar surface area (TPSA) is 169 Å². The fraction of sp³-hybridized carbons (Fsp3) is 0.500. The Morgan fingerprint density at radius 1 is 1.50 bits per heavy atom. The van der Waals surface area contributed by atoms with Crippen LogP contribution in [0, 0.1) is 16.7 Å². The van der Waals surface area contributed by atoms with Crippen LogP contribution in [0.2, 0.25) is 0 Å². The summed E-state index contributed by atoms with van der Waals surface area (Å²) < 4.78 is 7.08. The first-order chi connectivity index (χ1) is 10.4. The fourth-order valence-electron chi connectivity index (χ4n) is 2.66. The number of nitrogens with two attached hydrogens (primary N) is 2. The number of anilines is 2. The standard InChI is InChI=1S/C12H15N7O3/c1-12(3-13)7(21)5(2-20)22-10(12)19-4-16-6-8(14)17-11(15)18-9(6)19/h4-5,7,10,20-21H,2H2,1H3,(H4,14,15,17,18)/t5-,7-,10+,12-/m1/s1. The number of ether oxygens (including phenoxy) is 1. The Hall–Kier alpha value is -2.48. The molecule has 0 saturated carbocycles. The van der Waals surface area contributed by atoms with Crippen molar-refractivity contribution in [2.45, 2.75) is 25.4 Å². The lowest BCUT2D eigenvalue weighted by Gasteiger charge is -2.25. The van der Waals surface area contributed by atoms with Gasteiger partial charge < -0.3 is 26.4 Å². The van der Waals surface area contributed by atoms with Crippen molar-refractivity contribution < 1.29 is 14.9 Å². The molecular weight excluding hydrogens is 290 g/mol. The maximum atomic E-state index is 10.2. The smallest absolute Gasteiger partial charge is 0.224 e. The third-order valence-electron chi connectivity index (χ3n) is 3.92. The molecule has 10 heteroatoms. The monoisotopic (exact) mass is 305 g/mol. The van der Waals surface area contributed by atoms with E-state index in [0.29, 0.717) is 11.2 Å². The Morgan fingerprint density at radius 2 is 2.23 bits per heavy atom. The molecule has 3 rings (SSSR count). The van der Waals surface area contributed by atoms with Crippen molar-refractivity contribution in [2.75, 3.05) is 18.1 Å². The van der Waals surface area contributed by atoms with Crippen LogP contribution in [0.1, 0.15) is 13.2 Å². The van der Waals surface area contributed by atoms with Gasteiger partial charge >= 0.3 is 0 Å². The van der Waals surface area contributed by atoms with E-state index >= 15 is 0 Å². The average molecular weight is 305 g/mol. The number of aromatic nitrogens is 4. The minimum Gasteiger partial charge on any atom is -0.394 e. The number of imidazole rings is 1. The van der Waals surface area contributed by atoms with E-state index in [0.717, 1.165) is 0 Å². The molecule has 3 heterocycles. The van der Waals surface area contributed by atoms with Crippen LogP contribution in [-0.4, -0.2) is 48.5 Å². The van der Waals surface area contributed by atoms with Crippen molar-refractivity contribution >= 4 is 22.9 Å². The van der Waals surface area contributed by atoms with E-state index in [9.17, 15) is 15.5 Å². The van der Waals surface area contributed by atoms with Gasteiger partial charge in [0, 0.05) is 0 Å². The zero-order valence-corrected chi connectivity index (χ0v) is 11.7. The van der Waals surface area contributed by atoms with Gasteiger partial charge in [0.25, 0.3) is 0 Å². The van der Waals surface area contributed by atoms with Gasteiger partial charge in [-0.3, -0.25) is 4.57 Å². The highest BCUT2D eigenvalue weighted by Gasteiger charge is 2.54. The Balaban J connectivity index is 2.17. The lowest BCUT2D eigenvalue weighted by atomic mass is 9.84. The summed E-state index contributed by atoms with van der Waals surface area (Å²) in [5.41, 5.74) is 10.7. The first-order valence-corrected chi connectivity index (χ1v) is 6.53. The van der Waals surface area contributed by atoms with Gasteiger partial charge in [-0.1, -0.05) is 0 Å². The van der Waals surface area contributed by atoms with Crippen LogP contribution < -0.4 is 11.5 Å². The van der Waals surface area contributed by atoms with E-state index in [2.05, 4.69) is 15.0 Å². The minimum absolute atomic E-state index is 0.0392. The molecule has 0 radical (unpaired) electrons. The van der Waals surface area contributed by atoms with E-state index in [-0.39, 0.29) is 11.8 Å². The lowest BCUT2D eigenvalue weighted by molar-refractivity contribution is -0.0469. The summed E-state index contributed by atoms with van der Waals surface area (Å²) in [5.74, 6) is 0.0693. The summed E-state index contributed by atoms with van der Waals surface area (Å²) in [6.45, 7) is 1.12. The van der Waals surface area contributed by atoms with Crippen LogP contribution in [0.5, 0.6) is 0 Å². The molecule has 1 aliphatic heterocycles. The molecule has 0 aromatic carbocycles. The van der Waals surface area contributed by atoms with Crippen molar-refractivity contribution in [3.8, 4) is 6.07 Å². The highest BCUT2D eigenvalue weighted by Crippen LogP contribution is 2.45. The van der Waals surface area contributed by atoms with Crippen LogP contribution in [0.25, 0.3) is 11.2 Å². The molecule has 22 heavy (non-hydrogen) atoms. The molecule has 4 atom stereocenters. The molecule has 1 fully saturated rings. The van der Waals surface area contributed by atoms with Gasteiger partial charge in [0.1, 0.15) is 23.1 Å². The maximum absolute atomic E-state index is 10.2. The van der Waals surface area contributed by atoms with Gasteiger partial charge in [0.2, 0.25) is 5.95 Å². The summed E-state index contributed by atoms with van der Waals surface area (Å²) in [6.07, 6.45) is -1.56. The number of aliphatic hydroxyl groups is 2. The molecule has 2 aromatic rings. The first-order valence-electron chi connectivity index (χ1n) is 6.53. The summed E-state index contributed by atoms with van der Waals surface area (Å²) in [5, 5.41) is 29.0. The largest absolute Gasteiger partial charge is 0.394 e. The number of rotatable bonds is 2. The summed E-state index contributed by atoms with van der Waals surface area (Å²) in [4.78, 5) is 12.0. The fourth-order valence-corrected chi connectivity index (χ4v) is 2.66. The highest BCUT2D eigenvalue weighted by molar-refractivity contribution is 5.82. The van der Waals surface area contributed by atoms with E-state index < -0.39 is 30.5 Å². The number of nitriles is 1. The number of hydrogen-bond donors (Lipinski definition) is 4. The number of fused-ring (bicyclic) bond motifs is 1. The SMILES string of the molecule is C[C@@]1(C#N)[C@H](O)[C@@H](CO)O[C@@H]1n1cnc2c(N)nc(N)nc21. The Labute approximate surface area is 125 Å². The Bertz CT molecular complexity index is 770.